The van der Waals surface area contributed by atoms with Crippen LogP contribution in [0.1, 0.15) is 12.0 Å². The molecule has 27 heavy (non-hydrogen) atoms. The third-order valence-electron chi connectivity index (χ3n) is 3.43. The van der Waals surface area contributed by atoms with Crippen LogP contribution in [0.3, 0.4) is 0 Å². The molecule has 0 spiro atoms. The first-order chi connectivity index (χ1) is 13.0. The Hall–Kier alpha value is -2.53. The molecule has 0 unspecified atom stereocenters. The van der Waals surface area contributed by atoms with Gasteiger partial charge in [-0.1, -0.05) is 35.0 Å². The predicted octanol–water partition coefficient (Wildman–Crippen LogP) is 5.04. The molecule has 0 aliphatic rings. The monoisotopic (exact) mass is 418 g/mol. The lowest BCUT2D eigenvalue weighted by Gasteiger charge is -2.05. The van der Waals surface area contributed by atoms with Gasteiger partial charge in [-0.25, -0.2) is 0 Å². The Balaban J connectivity index is 1.50. The van der Waals surface area contributed by atoms with Gasteiger partial charge in [-0.05, 0) is 42.5 Å². The summed E-state index contributed by atoms with van der Waals surface area (Å²) in [5.41, 5.74) is 1.67. The van der Waals surface area contributed by atoms with E-state index in [9.17, 15) is 4.79 Å². The molecule has 136 valence electrons. The fraction of sp³-hybridized carbons (Fsp3) is 0.111. The highest BCUT2D eigenvalue weighted by Gasteiger charge is 2.11. The Bertz CT molecular complexity index is 999. The first-order valence-electron chi connectivity index (χ1n) is 7.77. The molecular formula is C18H12Cl2N4O2S. The van der Waals surface area contributed by atoms with Crippen molar-refractivity contribution in [2.75, 3.05) is 11.1 Å². The van der Waals surface area contributed by atoms with E-state index in [1.54, 1.807) is 42.5 Å². The van der Waals surface area contributed by atoms with E-state index in [1.165, 1.54) is 11.8 Å². The molecule has 1 heterocycles. The van der Waals surface area contributed by atoms with Crippen molar-refractivity contribution in [3.05, 3.63) is 58.1 Å². The second-order valence-electron chi connectivity index (χ2n) is 5.33. The predicted molar refractivity (Wildman–Crippen MR) is 105 cm³/mol. The number of aromatic nitrogens is 2. The fourth-order valence-corrected chi connectivity index (χ4v) is 3.16. The molecule has 0 aliphatic heterocycles. The summed E-state index contributed by atoms with van der Waals surface area (Å²) in [6.07, 6.45) is 0.251. The number of hydrogen-bond donors (Lipinski definition) is 1. The van der Waals surface area contributed by atoms with Crippen LogP contribution < -0.4 is 5.32 Å². The summed E-state index contributed by atoms with van der Waals surface area (Å²) in [5.74, 6) is 0.685. The van der Waals surface area contributed by atoms with E-state index >= 15 is 0 Å². The first kappa shape index (κ1) is 19.2. The summed E-state index contributed by atoms with van der Waals surface area (Å²) in [6.45, 7) is 0. The molecule has 3 rings (SSSR count). The summed E-state index contributed by atoms with van der Waals surface area (Å²) in [4.78, 5) is 12.0. The molecule has 0 fully saturated rings. The maximum Gasteiger partial charge on any atom is 0.276 e. The SMILES string of the molecule is N#Cc1ccc(NC(=O)CCSc2nnc(-c3ccc(Cl)cc3)o2)cc1Cl. The Morgan fingerprint density at radius 3 is 2.67 bits per heavy atom. The quantitative estimate of drug-likeness (QED) is 0.563. The van der Waals surface area contributed by atoms with Crippen molar-refractivity contribution < 1.29 is 9.21 Å². The number of halogens is 2. The summed E-state index contributed by atoms with van der Waals surface area (Å²) in [6, 6.07) is 13.8. The molecule has 0 saturated carbocycles. The second-order valence-corrected chi connectivity index (χ2v) is 7.22. The van der Waals surface area contributed by atoms with Crippen molar-refractivity contribution in [3.63, 3.8) is 0 Å². The van der Waals surface area contributed by atoms with Crippen LogP contribution in [0, 0.1) is 11.3 Å². The van der Waals surface area contributed by atoms with Crippen LogP contribution in [0.25, 0.3) is 11.5 Å². The molecule has 6 nitrogen and oxygen atoms in total. The second kappa shape index (κ2) is 8.91. The molecular weight excluding hydrogens is 407 g/mol. The summed E-state index contributed by atoms with van der Waals surface area (Å²) < 4.78 is 5.57. The van der Waals surface area contributed by atoms with E-state index in [-0.39, 0.29) is 12.3 Å². The van der Waals surface area contributed by atoms with Gasteiger partial charge in [-0.15, -0.1) is 10.2 Å². The lowest BCUT2D eigenvalue weighted by Crippen LogP contribution is -2.12. The van der Waals surface area contributed by atoms with E-state index < -0.39 is 0 Å². The van der Waals surface area contributed by atoms with E-state index in [0.717, 1.165) is 5.56 Å². The fourth-order valence-electron chi connectivity index (χ4n) is 2.12. The van der Waals surface area contributed by atoms with Crippen LogP contribution in [0.15, 0.2) is 52.1 Å². The lowest BCUT2D eigenvalue weighted by atomic mass is 10.2. The number of carbonyl (C=O) groups excluding carboxylic acids is 1. The Morgan fingerprint density at radius 2 is 1.96 bits per heavy atom. The van der Waals surface area contributed by atoms with Gasteiger partial charge in [0.1, 0.15) is 6.07 Å². The number of anilines is 1. The Kier molecular flexibility index (Phi) is 6.35. The topological polar surface area (TPSA) is 91.8 Å². The number of thioether (sulfide) groups is 1. The number of rotatable bonds is 6. The number of hydrogen-bond acceptors (Lipinski definition) is 6. The Labute approximate surface area is 169 Å². The largest absolute Gasteiger partial charge is 0.411 e. The van der Waals surface area contributed by atoms with Gasteiger partial charge in [0.2, 0.25) is 11.8 Å². The minimum atomic E-state index is -0.180. The highest BCUT2D eigenvalue weighted by molar-refractivity contribution is 7.99. The molecule has 0 bridgehead atoms. The number of benzene rings is 2. The standard InChI is InChI=1S/C18H12Cl2N4O2S/c19-13-4-1-11(2-5-13)17-23-24-18(26-17)27-8-7-16(25)22-14-6-3-12(10-21)15(20)9-14/h1-6,9H,7-8H2,(H,22,25). The van der Waals surface area contributed by atoms with E-state index in [1.807, 2.05) is 6.07 Å². The minimum Gasteiger partial charge on any atom is -0.411 e. The highest BCUT2D eigenvalue weighted by Crippen LogP contribution is 2.25. The normalized spacial score (nSPS) is 10.4. The van der Waals surface area contributed by atoms with Gasteiger partial charge in [0.15, 0.2) is 0 Å². The Morgan fingerprint density at radius 1 is 1.19 bits per heavy atom. The molecule has 0 radical (unpaired) electrons. The van der Waals surface area contributed by atoms with Crippen LogP contribution in [-0.4, -0.2) is 21.9 Å². The van der Waals surface area contributed by atoms with E-state index in [4.69, 9.17) is 32.9 Å². The third kappa shape index (κ3) is 5.23. The van der Waals surface area contributed by atoms with Crippen molar-refractivity contribution in [2.45, 2.75) is 11.6 Å². The van der Waals surface area contributed by atoms with Crippen LogP contribution in [-0.2, 0) is 4.79 Å². The number of nitrogens with zero attached hydrogens (tertiary/aromatic N) is 3. The first-order valence-corrected chi connectivity index (χ1v) is 9.51. The van der Waals surface area contributed by atoms with Gasteiger partial charge >= 0.3 is 0 Å². The van der Waals surface area contributed by atoms with Gasteiger partial charge in [-0.3, -0.25) is 4.79 Å². The zero-order chi connectivity index (χ0) is 19.2. The number of amides is 1. The molecule has 0 aliphatic carbocycles. The molecule has 1 amide bonds. The third-order valence-corrected chi connectivity index (χ3v) is 4.81. The van der Waals surface area contributed by atoms with Crippen LogP contribution in [0.4, 0.5) is 5.69 Å². The van der Waals surface area contributed by atoms with Gasteiger partial charge in [0.05, 0.1) is 10.6 Å². The summed E-state index contributed by atoms with van der Waals surface area (Å²) in [7, 11) is 0. The van der Waals surface area contributed by atoms with Gasteiger partial charge in [-0.2, -0.15) is 5.26 Å². The number of nitrogens with one attached hydrogen (secondary N) is 1. The van der Waals surface area contributed by atoms with Gasteiger partial charge < -0.3 is 9.73 Å². The summed E-state index contributed by atoms with van der Waals surface area (Å²) in [5, 5.41) is 20.8. The van der Waals surface area contributed by atoms with Crippen LogP contribution >= 0.6 is 35.0 Å². The molecule has 3 aromatic rings. The minimum absolute atomic E-state index is 0.180. The molecule has 9 heteroatoms. The summed E-state index contributed by atoms with van der Waals surface area (Å²) >= 11 is 13.1. The van der Waals surface area contributed by atoms with E-state index in [0.29, 0.717) is 38.2 Å². The average molecular weight is 419 g/mol. The molecule has 2 aromatic carbocycles. The lowest BCUT2D eigenvalue weighted by molar-refractivity contribution is -0.115. The van der Waals surface area contributed by atoms with Crippen molar-refractivity contribution >= 4 is 46.6 Å². The van der Waals surface area contributed by atoms with Crippen molar-refractivity contribution in [3.8, 4) is 17.5 Å². The number of nitriles is 1. The van der Waals surface area contributed by atoms with Gasteiger partial charge in [0, 0.05) is 28.4 Å². The van der Waals surface area contributed by atoms with Crippen molar-refractivity contribution in [1.82, 2.24) is 10.2 Å². The van der Waals surface area contributed by atoms with Crippen LogP contribution in [0.5, 0.6) is 0 Å². The maximum atomic E-state index is 12.0. The molecule has 1 aromatic heterocycles. The smallest absolute Gasteiger partial charge is 0.276 e. The average Bonchev–Trinajstić information content (AvgIpc) is 3.11. The molecule has 0 atom stereocenters. The van der Waals surface area contributed by atoms with E-state index in [2.05, 4.69) is 15.5 Å². The van der Waals surface area contributed by atoms with Crippen molar-refractivity contribution in [2.24, 2.45) is 0 Å². The zero-order valence-electron chi connectivity index (χ0n) is 13.8. The van der Waals surface area contributed by atoms with Crippen LogP contribution in [0.2, 0.25) is 10.0 Å². The maximum absolute atomic E-state index is 12.0. The zero-order valence-corrected chi connectivity index (χ0v) is 16.1. The van der Waals surface area contributed by atoms with Crippen molar-refractivity contribution in [1.29, 1.82) is 5.26 Å². The molecule has 0 saturated heterocycles. The van der Waals surface area contributed by atoms with Gasteiger partial charge in [0.25, 0.3) is 5.22 Å². The highest BCUT2D eigenvalue weighted by atomic mass is 35.5. The number of carbonyl (C=O) groups is 1. The molecule has 1 N–H and O–H groups in total.